The molecule has 4 aromatic rings. The van der Waals surface area contributed by atoms with E-state index in [1.807, 2.05) is 55.5 Å². The van der Waals surface area contributed by atoms with Crippen molar-refractivity contribution in [1.29, 1.82) is 0 Å². The largest absolute Gasteiger partial charge is 0.462 e. The molecule has 0 amide bonds. The molecule has 0 radical (unpaired) electrons. The molecule has 0 saturated heterocycles. The molecule has 0 aliphatic heterocycles. The Labute approximate surface area is 175 Å². The van der Waals surface area contributed by atoms with Crippen LogP contribution in [0.25, 0.3) is 22.0 Å². The molecule has 4 rings (SSSR count). The maximum atomic E-state index is 12.0. The second kappa shape index (κ2) is 8.74. The molecule has 0 fully saturated rings. The molecule has 1 N–H and O–H groups in total. The molecule has 5 nitrogen and oxygen atoms in total. The van der Waals surface area contributed by atoms with Crippen LogP contribution in [0.5, 0.6) is 0 Å². The van der Waals surface area contributed by atoms with Crippen molar-refractivity contribution in [2.24, 2.45) is 0 Å². The van der Waals surface area contributed by atoms with E-state index in [9.17, 15) is 4.79 Å². The van der Waals surface area contributed by atoms with Gasteiger partial charge in [-0.15, -0.1) is 10.2 Å². The Bertz CT molecular complexity index is 1190. The minimum absolute atomic E-state index is 0.308. The molecule has 0 spiro atoms. The number of fused-ring (bicyclic) bond motifs is 1. The van der Waals surface area contributed by atoms with Gasteiger partial charge in [-0.3, -0.25) is 0 Å². The number of aromatic nitrogens is 2. The smallest absolute Gasteiger partial charge is 0.338 e. The highest BCUT2D eigenvalue weighted by atomic mass is 16.5. The summed E-state index contributed by atoms with van der Waals surface area (Å²) in [5.41, 5.74) is 4.34. The lowest BCUT2D eigenvalue weighted by Gasteiger charge is -2.12. The van der Waals surface area contributed by atoms with Crippen LogP contribution in [0.15, 0.2) is 72.8 Å². The van der Waals surface area contributed by atoms with Crippen LogP contribution in [0.2, 0.25) is 0 Å². The van der Waals surface area contributed by atoms with Crippen molar-refractivity contribution in [2.75, 3.05) is 11.9 Å². The van der Waals surface area contributed by atoms with E-state index < -0.39 is 0 Å². The summed E-state index contributed by atoms with van der Waals surface area (Å²) in [4.78, 5) is 12.0. The van der Waals surface area contributed by atoms with E-state index in [2.05, 4.69) is 34.6 Å². The standard InChI is InChI=1S/C25H23N3O2/c1-3-15-30-25(29)19-13-11-18(12-14-19)23-21-9-4-5-10-22(21)24(28-27-23)26-20-8-6-7-17(2)16-20/h4-14,16H,3,15H2,1-2H3,(H,26,28). The van der Waals surface area contributed by atoms with Crippen LogP contribution in [0, 0.1) is 6.92 Å². The van der Waals surface area contributed by atoms with Crippen molar-refractivity contribution in [3.8, 4) is 11.3 Å². The molecule has 0 unspecified atom stereocenters. The third kappa shape index (κ3) is 4.15. The van der Waals surface area contributed by atoms with E-state index in [1.165, 1.54) is 5.56 Å². The molecule has 5 heteroatoms. The number of carbonyl (C=O) groups excluding carboxylic acids is 1. The van der Waals surface area contributed by atoms with Crippen LogP contribution in [0.4, 0.5) is 11.5 Å². The number of carbonyl (C=O) groups is 1. The zero-order valence-electron chi connectivity index (χ0n) is 17.1. The minimum Gasteiger partial charge on any atom is -0.462 e. The predicted octanol–water partition coefficient (Wildman–Crippen LogP) is 5.92. The average molecular weight is 397 g/mol. The van der Waals surface area contributed by atoms with Crippen molar-refractivity contribution in [3.05, 3.63) is 83.9 Å². The van der Waals surface area contributed by atoms with E-state index in [0.29, 0.717) is 18.0 Å². The Morgan fingerprint density at radius 1 is 0.933 bits per heavy atom. The normalized spacial score (nSPS) is 10.7. The third-order valence-electron chi connectivity index (χ3n) is 4.80. The second-order valence-electron chi connectivity index (χ2n) is 7.15. The number of benzene rings is 3. The number of hydrogen-bond donors (Lipinski definition) is 1. The zero-order chi connectivity index (χ0) is 20.9. The fourth-order valence-corrected chi connectivity index (χ4v) is 3.31. The first-order chi connectivity index (χ1) is 14.7. The van der Waals surface area contributed by atoms with Gasteiger partial charge in [0, 0.05) is 22.0 Å². The summed E-state index contributed by atoms with van der Waals surface area (Å²) in [6.07, 6.45) is 0.800. The molecule has 0 aliphatic carbocycles. The SMILES string of the molecule is CCCOC(=O)c1ccc(-c2nnc(Nc3cccc(C)c3)c3ccccc23)cc1. The summed E-state index contributed by atoms with van der Waals surface area (Å²) in [6, 6.07) is 23.5. The number of hydrogen-bond acceptors (Lipinski definition) is 5. The predicted molar refractivity (Wildman–Crippen MR) is 120 cm³/mol. The number of rotatable bonds is 6. The van der Waals surface area contributed by atoms with E-state index in [1.54, 1.807) is 12.1 Å². The van der Waals surface area contributed by atoms with Crippen molar-refractivity contribution in [1.82, 2.24) is 10.2 Å². The highest BCUT2D eigenvalue weighted by molar-refractivity contribution is 6.01. The Morgan fingerprint density at radius 2 is 1.70 bits per heavy atom. The summed E-state index contributed by atoms with van der Waals surface area (Å²) in [5, 5.41) is 14.3. The van der Waals surface area contributed by atoms with Gasteiger partial charge >= 0.3 is 5.97 Å². The second-order valence-corrected chi connectivity index (χ2v) is 7.15. The van der Waals surface area contributed by atoms with Crippen LogP contribution in [-0.2, 0) is 4.74 Å². The number of aryl methyl sites for hydroxylation is 1. The molecule has 0 bridgehead atoms. The topological polar surface area (TPSA) is 64.1 Å². The van der Waals surface area contributed by atoms with Gasteiger partial charge in [0.05, 0.1) is 12.2 Å². The number of ether oxygens (including phenoxy) is 1. The summed E-state index contributed by atoms with van der Waals surface area (Å²) < 4.78 is 5.20. The summed E-state index contributed by atoms with van der Waals surface area (Å²) in [5.74, 6) is 0.400. The van der Waals surface area contributed by atoms with Crippen molar-refractivity contribution in [2.45, 2.75) is 20.3 Å². The Hall–Kier alpha value is -3.73. The molecule has 1 aromatic heterocycles. The lowest BCUT2D eigenvalue weighted by atomic mass is 10.0. The fraction of sp³-hybridized carbons (Fsp3) is 0.160. The number of esters is 1. The van der Waals surface area contributed by atoms with Crippen molar-refractivity contribution >= 4 is 28.2 Å². The van der Waals surface area contributed by atoms with Crippen LogP contribution in [-0.4, -0.2) is 22.8 Å². The highest BCUT2D eigenvalue weighted by Crippen LogP contribution is 2.31. The van der Waals surface area contributed by atoms with Gasteiger partial charge in [0.25, 0.3) is 0 Å². The quantitative estimate of drug-likeness (QED) is 0.409. The summed E-state index contributed by atoms with van der Waals surface area (Å²) in [7, 11) is 0. The van der Waals surface area contributed by atoms with Gasteiger partial charge in [-0.1, -0.05) is 55.5 Å². The number of nitrogens with zero attached hydrogens (tertiary/aromatic N) is 2. The van der Waals surface area contributed by atoms with Crippen molar-refractivity contribution in [3.63, 3.8) is 0 Å². The molecule has 1 heterocycles. The first kappa shape index (κ1) is 19.6. The maximum Gasteiger partial charge on any atom is 0.338 e. The van der Waals surface area contributed by atoms with Crippen LogP contribution in [0.1, 0.15) is 29.3 Å². The minimum atomic E-state index is -0.308. The lowest BCUT2D eigenvalue weighted by Crippen LogP contribution is -2.05. The zero-order valence-corrected chi connectivity index (χ0v) is 17.1. The monoisotopic (exact) mass is 397 g/mol. The van der Waals surface area contributed by atoms with Gasteiger partial charge in [-0.25, -0.2) is 4.79 Å². The van der Waals surface area contributed by atoms with E-state index >= 15 is 0 Å². The molecule has 0 atom stereocenters. The van der Waals surface area contributed by atoms with Gasteiger partial charge in [-0.05, 0) is 43.2 Å². The van der Waals surface area contributed by atoms with Crippen LogP contribution in [0.3, 0.4) is 0 Å². The Kier molecular flexibility index (Phi) is 5.70. The van der Waals surface area contributed by atoms with Gasteiger partial charge in [0.2, 0.25) is 0 Å². The number of anilines is 2. The first-order valence-electron chi connectivity index (χ1n) is 10.0. The van der Waals surface area contributed by atoms with E-state index in [0.717, 1.165) is 34.1 Å². The summed E-state index contributed by atoms with van der Waals surface area (Å²) >= 11 is 0. The van der Waals surface area contributed by atoms with E-state index in [-0.39, 0.29) is 5.97 Å². The fourth-order valence-electron chi connectivity index (χ4n) is 3.31. The Balaban J connectivity index is 1.68. The first-order valence-corrected chi connectivity index (χ1v) is 10.0. The van der Waals surface area contributed by atoms with Gasteiger partial charge < -0.3 is 10.1 Å². The molecule has 30 heavy (non-hydrogen) atoms. The molecular weight excluding hydrogens is 374 g/mol. The van der Waals surface area contributed by atoms with E-state index in [4.69, 9.17) is 4.74 Å². The maximum absolute atomic E-state index is 12.0. The molecule has 0 saturated carbocycles. The van der Waals surface area contributed by atoms with Crippen LogP contribution >= 0.6 is 0 Å². The molecule has 150 valence electrons. The van der Waals surface area contributed by atoms with Crippen molar-refractivity contribution < 1.29 is 9.53 Å². The summed E-state index contributed by atoms with van der Waals surface area (Å²) in [6.45, 7) is 4.45. The lowest BCUT2D eigenvalue weighted by molar-refractivity contribution is 0.0505. The van der Waals surface area contributed by atoms with Gasteiger partial charge in [0.1, 0.15) is 5.69 Å². The van der Waals surface area contributed by atoms with Gasteiger partial charge in [-0.2, -0.15) is 0 Å². The number of nitrogens with one attached hydrogen (secondary N) is 1. The highest BCUT2D eigenvalue weighted by Gasteiger charge is 2.13. The van der Waals surface area contributed by atoms with Crippen LogP contribution < -0.4 is 5.32 Å². The Morgan fingerprint density at radius 3 is 2.43 bits per heavy atom. The molecule has 3 aromatic carbocycles. The average Bonchev–Trinajstić information content (AvgIpc) is 2.78. The molecular formula is C25H23N3O2. The molecule has 0 aliphatic rings. The third-order valence-corrected chi connectivity index (χ3v) is 4.80. The van der Waals surface area contributed by atoms with Gasteiger partial charge in [0.15, 0.2) is 5.82 Å².